The zero-order chi connectivity index (χ0) is 13.2. The molecule has 1 saturated carbocycles. The van der Waals surface area contributed by atoms with Gasteiger partial charge in [0.2, 0.25) is 0 Å². The second kappa shape index (κ2) is 5.79. The molecule has 1 fully saturated rings. The molecular weight excluding hydrogens is 324 g/mol. The van der Waals surface area contributed by atoms with Crippen LogP contribution >= 0.6 is 27.3 Å². The molecule has 2 aromatic heterocycles. The third-order valence-electron chi connectivity index (χ3n) is 3.47. The Balaban J connectivity index is 1.81. The summed E-state index contributed by atoms with van der Waals surface area (Å²) in [6.45, 7) is 1.49. The molecule has 0 spiro atoms. The zero-order valence-corrected chi connectivity index (χ0v) is 13.0. The van der Waals surface area contributed by atoms with E-state index < -0.39 is 0 Å². The Kier molecular flexibility index (Phi) is 4.07. The first-order valence-electron chi connectivity index (χ1n) is 6.50. The van der Waals surface area contributed by atoms with Crippen LogP contribution in [0.2, 0.25) is 0 Å². The number of halogens is 1. The van der Waals surface area contributed by atoms with Crippen LogP contribution in [0.15, 0.2) is 38.7 Å². The van der Waals surface area contributed by atoms with Crippen LogP contribution in [0.4, 0.5) is 0 Å². The molecule has 1 aliphatic rings. The highest BCUT2D eigenvalue weighted by Crippen LogP contribution is 2.38. The molecule has 0 saturated heterocycles. The SMILES string of the molecule is NCC(c1cc(Br)cs1)N(Cc1ccco1)C1CC1. The minimum Gasteiger partial charge on any atom is -0.468 e. The fourth-order valence-electron chi connectivity index (χ4n) is 2.40. The van der Waals surface area contributed by atoms with E-state index in [2.05, 4.69) is 32.3 Å². The lowest BCUT2D eigenvalue weighted by Crippen LogP contribution is -2.34. The summed E-state index contributed by atoms with van der Waals surface area (Å²) in [6, 6.07) is 7.10. The Hall–Kier alpha value is -0.620. The molecule has 0 aromatic carbocycles. The van der Waals surface area contributed by atoms with Gasteiger partial charge >= 0.3 is 0 Å². The third kappa shape index (κ3) is 3.11. The summed E-state index contributed by atoms with van der Waals surface area (Å²) in [5.41, 5.74) is 6.03. The van der Waals surface area contributed by atoms with Gasteiger partial charge in [-0.15, -0.1) is 11.3 Å². The van der Waals surface area contributed by atoms with E-state index >= 15 is 0 Å². The maximum atomic E-state index is 6.03. The van der Waals surface area contributed by atoms with Gasteiger partial charge in [-0.3, -0.25) is 4.90 Å². The average molecular weight is 341 g/mol. The molecule has 0 amide bonds. The number of furan rings is 1. The van der Waals surface area contributed by atoms with Crippen LogP contribution in [0.3, 0.4) is 0 Å². The smallest absolute Gasteiger partial charge is 0.117 e. The summed E-state index contributed by atoms with van der Waals surface area (Å²) in [7, 11) is 0. The molecule has 0 radical (unpaired) electrons. The standard InChI is InChI=1S/C14H17BrN2OS/c15-10-6-14(19-9-10)13(7-16)17(11-3-4-11)8-12-2-1-5-18-12/h1-2,5-6,9,11,13H,3-4,7-8,16H2. The first-order valence-corrected chi connectivity index (χ1v) is 8.17. The molecule has 1 atom stereocenters. The number of nitrogens with zero attached hydrogens (tertiary/aromatic N) is 1. The van der Waals surface area contributed by atoms with Gasteiger partial charge in [0.15, 0.2) is 0 Å². The lowest BCUT2D eigenvalue weighted by molar-refractivity contribution is 0.170. The second-order valence-electron chi connectivity index (χ2n) is 4.90. The van der Waals surface area contributed by atoms with Crippen molar-refractivity contribution in [3.8, 4) is 0 Å². The summed E-state index contributed by atoms with van der Waals surface area (Å²) >= 11 is 5.29. The average Bonchev–Trinajstić information content (AvgIpc) is 2.95. The molecule has 0 aliphatic heterocycles. The monoisotopic (exact) mass is 340 g/mol. The lowest BCUT2D eigenvalue weighted by Gasteiger charge is -2.29. The summed E-state index contributed by atoms with van der Waals surface area (Å²) in [5, 5.41) is 2.12. The number of hydrogen-bond donors (Lipinski definition) is 1. The van der Waals surface area contributed by atoms with Crippen molar-refractivity contribution in [2.45, 2.75) is 31.5 Å². The van der Waals surface area contributed by atoms with E-state index in [9.17, 15) is 0 Å². The maximum absolute atomic E-state index is 6.03. The van der Waals surface area contributed by atoms with E-state index in [0.29, 0.717) is 12.6 Å². The Labute approximate surface area is 125 Å². The van der Waals surface area contributed by atoms with Crippen LogP contribution in [-0.2, 0) is 6.54 Å². The molecule has 2 N–H and O–H groups in total. The fourth-order valence-corrected chi connectivity index (χ4v) is 3.98. The van der Waals surface area contributed by atoms with E-state index in [4.69, 9.17) is 10.2 Å². The van der Waals surface area contributed by atoms with E-state index in [0.717, 1.165) is 16.8 Å². The van der Waals surface area contributed by atoms with E-state index in [1.165, 1.54) is 17.7 Å². The summed E-state index contributed by atoms with van der Waals surface area (Å²) in [5.74, 6) is 1.01. The fraction of sp³-hybridized carbons (Fsp3) is 0.429. The Morgan fingerprint density at radius 2 is 2.37 bits per heavy atom. The largest absolute Gasteiger partial charge is 0.468 e. The second-order valence-corrected chi connectivity index (χ2v) is 6.76. The van der Waals surface area contributed by atoms with Gasteiger partial charge in [-0.05, 0) is 47.0 Å². The molecule has 1 aliphatic carbocycles. The number of hydrogen-bond acceptors (Lipinski definition) is 4. The number of rotatable bonds is 6. The summed E-state index contributed by atoms with van der Waals surface area (Å²) in [6.07, 6.45) is 4.27. The first-order chi connectivity index (χ1) is 9.28. The highest BCUT2D eigenvalue weighted by molar-refractivity contribution is 9.10. The molecule has 3 rings (SSSR count). The van der Waals surface area contributed by atoms with Gasteiger partial charge < -0.3 is 10.2 Å². The van der Waals surface area contributed by atoms with Crippen LogP contribution in [0.25, 0.3) is 0 Å². The zero-order valence-electron chi connectivity index (χ0n) is 10.6. The quantitative estimate of drug-likeness (QED) is 0.870. The van der Waals surface area contributed by atoms with Gasteiger partial charge in [0.25, 0.3) is 0 Å². The van der Waals surface area contributed by atoms with Crippen LogP contribution in [0, 0.1) is 0 Å². The molecule has 19 heavy (non-hydrogen) atoms. The number of nitrogens with two attached hydrogens (primary N) is 1. The predicted molar refractivity (Wildman–Crippen MR) is 81.1 cm³/mol. The van der Waals surface area contributed by atoms with Gasteiger partial charge in [-0.2, -0.15) is 0 Å². The minimum atomic E-state index is 0.286. The van der Waals surface area contributed by atoms with E-state index in [-0.39, 0.29) is 6.04 Å². The van der Waals surface area contributed by atoms with Gasteiger partial charge in [0, 0.05) is 27.3 Å². The summed E-state index contributed by atoms with van der Waals surface area (Å²) < 4.78 is 6.63. The van der Waals surface area contributed by atoms with Crippen molar-refractivity contribution in [2.24, 2.45) is 5.73 Å². The van der Waals surface area contributed by atoms with Crippen LogP contribution in [0.1, 0.15) is 29.5 Å². The van der Waals surface area contributed by atoms with Crippen LogP contribution < -0.4 is 5.73 Å². The molecule has 2 heterocycles. The molecular formula is C14H17BrN2OS. The van der Waals surface area contributed by atoms with Crippen LogP contribution in [-0.4, -0.2) is 17.5 Å². The van der Waals surface area contributed by atoms with Crippen molar-refractivity contribution in [3.05, 3.63) is 45.0 Å². The maximum Gasteiger partial charge on any atom is 0.117 e. The van der Waals surface area contributed by atoms with Crippen molar-refractivity contribution in [1.29, 1.82) is 0 Å². The highest BCUT2D eigenvalue weighted by Gasteiger charge is 2.35. The molecule has 2 aromatic rings. The van der Waals surface area contributed by atoms with E-state index in [1.54, 1.807) is 17.6 Å². The van der Waals surface area contributed by atoms with Gasteiger partial charge in [0.05, 0.1) is 18.8 Å². The Morgan fingerprint density at radius 3 is 2.89 bits per heavy atom. The van der Waals surface area contributed by atoms with Gasteiger partial charge in [-0.1, -0.05) is 0 Å². The molecule has 3 nitrogen and oxygen atoms in total. The third-order valence-corrected chi connectivity index (χ3v) is 5.27. The van der Waals surface area contributed by atoms with Crippen molar-refractivity contribution >= 4 is 27.3 Å². The molecule has 1 unspecified atom stereocenters. The summed E-state index contributed by atoms with van der Waals surface area (Å²) in [4.78, 5) is 3.81. The van der Waals surface area contributed by atoms with E-state index in [1.807, 2.05) is 12.1 Å². The lowest BCUT2D eigenvalue weighted by atomic mass is 10.2. The van der Waals surface area contributed by atoms with Gasteiger partial charge in [-0.25, -0.2) is 0 Å². The molecule has 5 heteroatoms. The molecule has 102 valence electrons. The Bertz CT molecular complexity index is 521. The van der Waals surface area contributed by atoms with Gasteiger partial charge in [0.1, 0.15) is 5.76 Å². The van der Waals surface area contributed by atoms with Crippen molar-refractivity contribution in [1.82, 2.24) is 4.90 Å². The van der Waals surface area contributed by atoms with Crippen LogP contribution in [0.5, 0.6) is 0 Å². The first kappa shape index (κ1) is 13.4. The number of thiophene rings is 1. The highest BCUT2D eigenvalue weighted by atomic mass is 79.9. The predicted octanol–water partition coefficient (Wildman–Crippen LogP) is 3.77. The topological polar surface area (TPSA) is 42.4 Å². The van der Waals surface area contributed by atoms with Crippen molar-refractivity contribution in [3.63, 3.8) is 0 Å². The van der Waals surface area contributed by atoms with Crippen molar-refractivity contribution in [2.75, 3.05) is 6.54 Å². The van der Waals surface area contributed by atoms with Crippen molar-refractivity contribution < 1.29 is 4.42 Å². The minimum absolute atomic E-state index is 0.286. The Morgan fingerprint density at radius 1 is 1.53 bits per heavy atom. The normalized spacial score (nSPS) is 17.0. The molecule has 0 bridgehead atoms.